The van der Waals surface area contributed by atoms with Gasteiger partial charge in [0.2, 0.25) is 16.9 Å². The number of anilines is 3. The van der Waals surface area contributed by atoms with Gasteiger partial charge in [0.05, 0.1) is 22.8 Å². The highest BCUT2D eigenvalue weighted by Crippen LogP contribution is 2.29. The molecule has 1 aliphatic heterocycles. The van der Waals surface area contributed by atoms with Crippen molar-refractivity contribution in [2.45, 2.75) is 72.6 Å². The fourth-order valence-corrected chi connectivity index (χ4v) is 7.19. The van der Waals surface area contributed by atoms with Crippen LogP contribution in [-0.2, 0) is 0 Å². The van der Waals surface area contributed by atoms with Crippen LogP contribution in [0.1, 0.15) is 68.7 Å². The topological polar surface area (TPSA) is 147 Å². The molecule has 0 saturated heterocycles. The Morgan fingerprint density at radius 2 is 1.38 bits per heavy atom. The van der Waals surface area contributed by atoms with E-state index >= 15 is 0 Å². The normalized spacial score (nSPS) is 13.6. The fraction of sp³-hybridized carbons (Fsp3) is 0.283. The maximum absolute atomic E-state index is 6.37. The number of para-hydroxylation sites is 2. The van der Waals surface area contributed by atoms with Crippen molar-refractivity contribution < 1.29 is 9.88 Å². The molecule has 0 aliphatic carbocycles. The number of rotatable bonds is 15. The molecule has 7 rings (SSSR count). The van der Waals surface area contributed by atoms with E-state index in [4.69, 9.17) is 31.4 Å². The van der Waals surface area contributed by atoms with Gasteiger partial charge in [0.1, 0.15) is 22.7 Å². The molecule has 4 aromatic carbocycles. The smallest absolute Gasteiger partial charge is 0.258 e. The number of pyridine rings is 1. The molecule has 0 atom stereocenters. The highest BCUT2D eigenvalue weighted by atomic mass is 15.1. The molecule has 286 valence electrons. The predicted molar refractivity (Wildman–Crippen MR) is 233 cm³/mol. The third kappa shape index (κ3) is 9.04. The number of fused-ring (bicyclic) bond motifs is 2. The molecular weight excluding hydrogens is 693 g/mol. The summed E-state index contributed by atoms with van der Waals surface area (Å²) in [6.07, 6.45) is 9.97. The molecule has 0 spiro atoms. The van der Waals surface area contributed by atoms with Gasteiger partial charge in [0.25, 0.3) is 5.52 Å². The van der Waals surface area contributed by atoms with Gasteiger partial charge in [0.15, 0.2) is 5.69 Å². The van der Waals surface area contributed by atoms with Crippen LogP contribution in [0.2, 0.25) is 0 Å². The maximum Gasteiger partial charge on any atom is 0.258 e. The molecule has 0 unspecified atom stereocenters. The Morgan fingerprint density at radius 1 is 0.714 bits per heavy atom. The third-order valence-electron chi connectivity index (χ3n) is 10.5. The average molecular weight is 747 g/mol. The monoisotopic (exact) mass is 746 g/mol. The van der Waals surface area contributed by atoms with Crippen molar-refractivity contribution in [3.05, 3.63) is 120 Å². The highest BCUT2D eigenvalue weighted by Gasteiger charge is 2.23. The number of allylic oxidation sites excluding steroid dienone is 1. The molecule has 1 aliphatic rings. The second-order valence-corrected chi connectivity index (χ2v) is 14.8. The van der Waals surface area contributed by atoms with E-state index in [0.29, 0.717) is 6.42 Å². The van der Waals surface area contributed by atoms with E-state index in [2.05, 4.69) is 89.0 Å². The Balaban J connectivity index is 0.863. The molecule has 2 aromatic heterocycles. The van der Waals surface area contributed by atoms with E-state index in [1.54, 1.807) is 0 Å². The Kier molecular flexibility index (Phi) is 12.0. The number of aliphatic imine (C=N–C) groups is 2. The molecule has 0 bridgehead atoms. The average Bonchev–Trinajstić information content (AvgIpc) is 3.19. The summed E-state index contributed by atoms with van der Waals surface area (Å²) >= 11 is 0. The molecule has 3 heterocycles. The van der Waals surface area contributed by atoms with Crippen LogP contribution >= 0.6 is 0 Å². The molecule has 0 amide bonds. The Bertz CT molecular complexity index is 2440. The van der Waals surface area contributed by atoms with Gasteiger partial charge >= 0.3 is 0 Å². The molecule has 10 heteroatoms. The summed E-state index contributed by atoms with van der Waals surface area (Å²) in [5, 5.41) is 9.41. The number of aromatic nitrogens is 3. The maximum atomic E-state index is 6.37. The summed E-state index contributed by atoms with van der Waals surface area (Å²) in [7, 11) is 0. The van der Waals surface area contributed by atoms with E-state index in [9.17, 15) is 0 Å². The van der Waals surface area contributed by atoms with Crippen LogP contribution in [0.5, 0.6) is 0 Å². The lowest BCUT2D eigenvalue weighted by Crippen LogP contribution is -2.71. The molecule has 0 fully saturated rings. The minimum atomic E-state index is 0.687. The number of amidine groups is 1. The van der Waals surface area contributed by atoms with Gasteiger partial charge in [-0.05, 0) is 75.9 Å². The number of hydrogen-bond acceptors (Lipinski definition) is 7. The van der Waals surface area contributed by atoms with Crippen molar-refractivity contribution in [1.82, 2.24) is 15.3 Å². The van der Waals surface area contributed by atoms with Crippen molar-refractivity contribution >= 4 is 67.9 Å². The number of nitrogens with two attached hydrogens (primary N) is 3. The van der Waals surface area contributed by atoms with Crippen LogP contribution in [0.25, 0.3) is 27.9 Å². The largest absolute Gasteiger partial charge is 0.398 e. The first-order valence-corrected chi connectivity index (χ1v) is 19.8. The Morgan fingerprint density at radius 3 is 2.11 bits per heavy atom. The van der Waals surface area contributed by atoms with Crippen LogP contribution in [0.4, 0.5) is 34.1 Å². The SMILES string of the molecule is CC1=NC(=Nc2cc(C)c(N)cc2[NH2+]c2ccccc2)CC=C1NCCCCCCCCNc1cc2c(nc1C)nc1cc(C)c(N)cc1[n+]2-c1ccccc1. The van der Waals surface area contributed by atoms with Gasteiger partial charge in [0, 0.05) is 61.2 Å². The zero-order valence-electron chi connectivity index (χ0n) is 33.1. The summed E-state index contributed by atoms with van der Waals surface area (Å²) in [5.74, 6) is 0.809. The van der Waals surface area contributed by atoms with Gasteiger partial charge in [-0.15, -0.1) is 4.57 Å². The Hall–Kier alpha value is -6.13. The number of aryl methyl sites for hydroxylation is 3. The molecule has 8 N–H and O–H groups in total. The summed E-state index contributed by atoms with van der Waals surface area (Å²) in [5.41, 5.74) is 27.8. The lowest BCUT2D eigenvalue weighted by atomic mass is 10.1. The second-order valence-electron chi connectivity index (χ2n) is 14.8. The molecule has 6 aromatic rings. The van der Waals surface area contributed by atoms with Crippen molar-refractivity contribution in [2.24, 2.45) is 9.98 Å². The van der Waals surface area contributed by atoms with Crippen molar-refractivity contribution in [1.29, 1.82) is 0 Å². The van der Waals surface area contributed by atoms with Gasteiger partial charge in [-0.1, -0.05) is 68.2 Å². The zero-order chi connectivity index (χ0) is 39.0. The molecule has 10 nitrogen and oxygen atoms in total. The van der Waals surface area contributed by atoms with Gasteiger partial charge in [-0.2, -0.15) is 0 Å². The standard InChI is InChI=1S/C46H52N10/c1-30-25-40(41(27-36(30)47)53-34-17-11-9-12-18-34)54-45-22-21-38(32(3)51-45)49-23-15-7-5-6-8-16-24-50-39-29-44-46(52-33(39)4)55-42-26-31(2)37(48)28-43(42)56(44)35-19-13-10-14-20-35/h9-14,17-21,25-29,49,53H,5-8,15-16,22-24,47H2,1-4H3,(H2,48,50)/p+2. The second kappa shape index (κ2) is 17.6. The lowest BCUT2D eigenvalue weighted by molar-refractivity contribution is -0.538. The number of quaternary nitrogens is 1. The van der Waals surface area contributed by atoms with Crippen LogP contribution in [0, 0.1) is 20.8 Å². The fourth-order valence-electron chi connectivity index (χ4n) is 7.19. The van der Waals surface area contributed by atoms with Crippen molar-refractivity contribution in [3.63, 3.8) is 0 Å². The summed E-state index contributed by atoms with van der Waals surface area (Å²) in [6.45, 7) is 9.98. The minimum absolute atomic E-state index is 0.687. The predicted octanol–water partition coefficient (Wildman–Crippen LogP) is 8.50. The van der Waals surface area contributed by atoms with E-state index in [0.717, 1.165) is 122 Å². The van der Waals surface area contributed by atoms with Gasteiger partial charge < -0.3 is 22.1 Å². The van der Waals surface area contributed by atoms with E-state index in [1.807, 2.05) is 56.3 Å². The van der Waals surface area contributed by atoms with E-state index < -0.39 is 0 Å². The zero-order valence-corrected chi connectivity index (χ0v) is 33.1. The summed E-state index contributed by atoms with van der Waals surface area (Å²) in [6, 6.07) is 30.9. The van der Waals surface area contributed by atoms with Crippen LogP contribution in [0.3, 0.4) is 0 Å². The lowest BCUT2D eigenvalue weighted by Gasteiger charge is -2.16. The number of nitrogens with zero attached hydrogens (tertiary/aromatic N) is 5. The van der Waals surface area contributed by atoms with Crippen molar-refractivity contribution in [3.8, 4) is 5.69 Å². The van der Waals surface area contributed by atoms with Crippen LogP contribution < -0.4 is 32.0 Å². The number of hydrogen-bond donors (Lipinski definition) is 5. The van der Waals surface area contributed by atoms with E-state index in [1.165, 1.54) is 25.7 Å². The molecule has 56 heavy (non-hydrogen) atoms. The highest BCUT2D eigenvalue weighted by molar-refractivity contribution is 6.09. The first kappa shape index (κ1) is 38.2. The Labute approximate surface area is 329 Å². The first-order valence-electron chi connectivity index (χ1n) is 19.8. The molecular formula is C46H54N10+2. The number of benzene rings is 4. The van der Waals surface area contributed by atoms with Gasteiger partial charge in [-0.25, -0.2) is 20.0 Å². The molecule has 0 radical (unpaired) electrons. The summed E-state index contributed by atoms with van der Waals surface area (Å²) < 4.78 is 2.22. The summed E-state index contributed by atoms with van der Waals surface area (Å²) in [4.78, 5) is 19.7. The van der Waals surface area contributed by atoms with E-state index in [-0.39, 0.29) is 0 Å². The number of dihydropyridines is 1. The molecule has 0 saturated carbocycles. The van der Waals surface area contributed by atoms with Gasteiger partial charge in [-0.3, -0.25) is 5.32 Å². The number of unbranched alkanes of at least 4 members (excludes halogenated alkanes) is 5. The number of nitrogen functional groups attached to an aromatic ring is 2. The van der Waals surface area contributed by atoms with Crippen molar-refractivity contribution in [2.75, 3.05) is 29.9 Å². The number of nitrogens with one attached hydrogen (secondary N) is 2. The quantitative estimate of drug-likeness (QED) is 0.0308. The third-order valence-corrected chi connectivity index (χ3v) is 10.5. The van der Waals surface area contributed by atoms with Crippen LogP contribution in [-0.4, -0.2) is 34.6 Å². The van der Waals surface area contributed by atoms with Crippen LogP contribution in [0.15, 0.2) is 113 Å². The first-order chi connectivity index (χ1) is 27.2. The minimum Gasteiger partial charge on any atom is -0.398 e.